The molecule has 0 radical (unpaired) electrons. The van der Waals surface area contributed by atoms with Crippen molar-refractivity contribution in [1.82, 2.24) is 20.4 Å². The first-order chi connectivity index (χ1) is 12.2. The lowest BCUT2D eigenvalue weighted by atomic mass is 9.89. The van der Waals surface area contributed by atoms with Crippen molar-refractivity contribution >= 4 is 18.3 Å². The molecular formula is C19H33ClN4O2. The second kappa shape index (κ2) is 10.3. The van der Waals surface area contributed by atoms with Crippen LogP contribution in [-0.2, 0) is 4.74 Å². The molecule has 1 aromatic rings. The molecule has 148 valence electrons. The highest BCUT2D eigenvalue weighted by atomic mass is 35.5. The molecule has 2 aliphatic rings. The van der Waals surface area contributed by atoms with Crippen LogP contribution in [0, 0.1) is 5.92 Å². The van der Waals surface area contributed by atoms with Crippen molar-refractivity contribution in [2.75, 3.05) is 19.7 Å². The average Bonchev–Trinajstić information content (AvgIpc) is 3.14. The first-order valence-corrected chi connectivity index (χ1v) is 9.89. The van der Waals surface area contributed by atoms with E-state index in [1.807, 2.05) is 16.9 Å². The van der Waals surface area contributed by atoms with Crippen molar-refractivity contribution < 1.29 is 9.53 Å². The summed E-state index contributed by atoms with van der Waals surface area (Å²) < 4.78 is 7.89. The Morgan fingerprint density at radius 3 is 2.92 bits per heavy atom. The van der Waals surface area contributed by atoms with Gasteiger partial charge in [0.05, 0.1) is 12.1 Å². The second-order valence-electron chi connectivity index (χ2n) is 7.36. The van der Waals surface area contributed by atoms with E-state index in [-0.39, 0.29) is 30.5 Å². The number of nitrogens with zero attached hydrogens (tertiary/aromatic N) is 2. The van der Waals surface area contributed by atoms with Gasteiger partial charge in [0, 0.05) is 25.4 Å². The number of nitrogens with one attached hydrogen (secondary N) is 2. The van der Waals surface area contributed by atoms with Gasteiger partial charge in [-0.3, -0.25) is 9.48 Å². The predicted octanol–water partition coefficient (Wildman–Crippen LogP) is 2.94. The van der Waals surface area contributed by atoms with Crippen molar-refractivity contribution in [3.05, 3.63) is 18.0 Å². The number of hydrogen-bond donors (Lipinski definition) is 2. The lowest BCUT2D eigenvalue weighted by Gasteiger charge is -2.34. The molecule has 0 aliphatic carbocycles. The molecular weight excluding hydrogens is 352 g/mol. The average molecular weight is 385 g/mol. The topological polar surface area (TPSA) is 68.2 Å². The van der Waals surface area contributed by atoms with Crippen molar-refractivity contribution in [3.63, 3.8) is 0 Å². The summed E-state index contributed by atoms with van der Waals surface area (Å²) >= 11 is 0. The van der Waals surface area contributed by atoms with Crippen LogP contribution in [0.25, 0.3) is 0 Å². The molecule has 6 nitrogen and oxygen atoms in total. The Balaban J connectivity index is 0.00000243. The number of halogens is 1. The summed E-state index contributed by atoms with van der Waals surface area (Å²) in [7, 11) is 0. The lowest BCUT2D eigenvalue weighted by molar-refractivity contribution is -0.0337. The summed E-state index contributed by atoms with van der Waals surface area (Å²) in [5.41, 5.74) is 0.524. The van der Waals surface area contributed by atoms with Crippen LogP contribution >= 0.6 is 12.4 Å². The molecule has 7 heteroatoms. The van der Waals surface area contributed by atoms with Gasteiger partial charge in [-0.05, 0) is 44.2 Å². The number of amides is 1. The van der Waals surface area contributed by atoms with Crippen LogP contribution in [0.1, 0.15) is 68.9 Å². The standard InChI is InChI=1S/C19H32N4O2.ClH/c1-3-14(4-2)18-12-15(8-11-25-18)21-19(24)17-7-10-23(22-17)16-6-5-9-20-13-16;/h7,10,14-16,18,20H,3-6,8-9,11-13H2,1-2H3,(H,21,24);1H. The predicted molar refractivity (Wildman–Crippen MR) is 105 cm³/mol. The summed E-state index contributed by atoms with van der Waals surface area (Å²) in [6, 6.07) is 2.38. The Morgan fingerprint density at radius 2 is 2.23 bits per heavy atom. The third kappa shape index (κ3) is 5.21. The molecule has 26 heavy (non-hydrogen) atoms. The van der Waals surface area contributed by atoms with Crippen molar-refractivity contribution in [3.8, 4) is 0 Å². The minimum absolute atomic E-state index is 0. The number of piperidine rings is 1. The molecule has 2 saturated heterocycles. The summed E-state index contributed by atoms with van der Waals surface area (Å²) in [6.45, 7) is 7.17. The van der Waals surface area contributed by atoms with E-state index in [4.69, 9.17) is 4.74 Å². The third-order valence-electron chi connectivity index (χ3n) is 5.71. The fourth-order valence-corrected chi connectivity index (χ4v) is 4.08. The SMILES string of the molecule is CCC(CC)C1CC(NC(=O)c2ccn(C3CCCNC3)n2)CCO1.Cl. The van der Waals surface area contributed by atoms with Gasteiger partial charge in [-0.15, -0.1) is 12.4 Å². The van der Waals surface area contributed by atoms with Crippen LogP contribution in [-0.4, -0.2) is 47.5 Å². The molecule has 2 fully saturated rings. The quantitative estimate of drug-likeness (QED) is 0.791. The molecule has 0 bridgehead atoms. The maximum Gasteiger partial charge on any atom is 0.271 e. The van der Waals surface area contributed by atoms with Crippen molar-refractivity contribution in [2.24, 2.45) is 5.92 Å². The molecule has 2 N–H and O–H groups in total. The number of carbonyl (C=O) groups is 1. The van der Waals surface area contributed by atoms with E-state index in [0.29, 0.717) is 17.7 Å². The fraction of sp³-hybridized carbons (Fsp3) is 0.789. The normalized spacial score (nSPS) is 26.3. The zero-order chi connectivity index (χ0) is 17.6. The molecule has 0 saturated carbocycles. The van der Waals surface area contributed by atoms with E-state index in [1.165, 1.54) is 0 Å². The van der Waals surface area contributed by atoms with Crippen LogP contribution in [0.3, 0.4) is 0 Å². The maximum atomic E-state index is 12.6. The molecule has 3 rings (SSSR count). The Hall–Kier alpha value is -1.11. The molecule has 3 heterocycles. The smallest absolute Gasteiger partial charge is 0.271 e. The summed E-state index contributed by atoms with van der Waals surface area (Å²) in [4.78, 5) is 12.6. The van der Waals surface area contributed by atoms with Gasteiger partial charge in [0.15, 0.2) is 0 Å². The van der Waals surface area contributed by atoms with Crippen LogP contribution in [0.2, 0.25) is 0 Å². The summed E-state index contributed by atoms with van der Waals surface area (Å²) in [6.07, 6.45) is 8.52. The van der Waals surface area contributed by atoms with E-state index in [2.05, 4.69) is 29.6 Å². The van der Waals surface area contributed by atoms with Gasteiger partial charge < -0.3 is 15.4 Å². The third-order valence-corrected chi connectivity index (χ3v) is 5.71. The molecule has 0 aromatic carbocycles. The first-order valence-electron chi connectivity index (χ1n) is 9.89. The number of aromatic nitrogens is 2. The van der Waals surface area contributed by atoms with Crippen molar-refractivity contribution in [1.29, 1.82) is 0 Å². The first kappa shape index (κ1) is 21.2. The highest BCUT2D eigenvalue weighted by Crippen LogP contribution is 2.25. The Kier molecular flexibility index (Phi) is 8.38. The van der Waals surface area contributed by atoms with E-state index in [0.717, 1.165) is 58.2 Å². The van der Waals surface area contributed by atoms with E-state index in [1.54, 1.807) is 0 Å². The molecule has 1 amide bonds. The zero-order valence-electron chi connectivity index (χ0n) is 15.9. The van der Waals surface area contributed by atoms with Crippen LogP contribution < -0.4 is 10.6 Å². The second-order valence-corrected chi connectivity index (χ2v) is 7.36. The number of carbonyl (C=O) groups excluding carboxylic acids is 1. The molecule has 3 unspecified atom stereocenters. The van der Waals surface area contributed by atoms with E-state index < -0.39 is 0 Å². The Labute approximate surface area is 162 Å². The van der Waals surface area contributed by atoms with E-state index >= 15 is 0 Å². The van der Waals surface area contributed by atoms with Gasteiger partial charge in [-0.1, -0.05) is 26.7 Å². The van der Waals surface area contributed by atoms with Gasteiger partial charge in [0.2, 0.25) is 0 Å². The molecule has 0 spiro atoms. The number of ether oxygens (including phenoxy) is 1. The molecule has 2 aliphatic heterocycles. The highest BCUT2D eigenvalue weighted by Gasteiger charge is 2.29. The van der Waals surface area contributed by atoms with Gasteiger partial charge in [-0.25, -0.2) is 0 Å². The Morgan fingerprint density at radius 1 is 1.42 bits per heavy atom. The van der Waals surface area contributed by atoms with Crippen LogP contribution in [0.4, 0.5) is 0 Å². The molecule has 1 aromatic heterocycles. The van der Waals surface area contributed by atoms with Gasteiger partial charge >= 0.3 is 0 Å². The lowest BCUT2D eigenvalue weighted by Crippen LogP contribution is -2.44. The van der Waals surface area contributed by atoms with Crippen molar-refractivity contribution in [2.45, 2.75) is 70.6 Å². The minimum Gasteiger partial charge on any atom is -0.378 e. The minimum atomic E-state index is -0.0577. The number of hydrogen-bond acceptors (Lipinski definition) is 4. The van der Waals surface area contributed by atoms with Crippen LogP contribution in [0.5, 0.6) is 0 Å². The van der Waals surface area contributed by atoms with E-state index in [9.17, 15) is 4.79 Å². The molecule has 3 atom stereocenters. The van der Waals surface area contributed by atoms with Crippen LogP contribution in [0.15, 0.2) is 12.3 Å². The Bertz CT molecular complexity index is 555. The summed E-state index contributed by atoms with van der Waals surface area (Å²) in [5, 5.41) is 11.1. The number of rotatable bonds is 6. The maximum absolute atomic E-state index is 12.6. The van der Waals surface area contributed by atoms with Gasteiger partial charge in [0.1, 0.15) is 5.69 Å². The van der Waals surface area contributed by atoms with Gasteiger partial charge in [-0.2, -0.15) is 5.10 Å². The highest BCUT2D eigenvalue weighted by molar-refractivity contribution is 5.92. The monoisotopic (exact) mass is 384 g/mol. The van der Waals surface area contributed by atoms with Gasteiger partial charge in [0.25, 0.3) is 5.91 Å². The largest absolute Gasteiger partial charge is 0.378 e. The fourth-order valence-electron chi connectivity index (χ4n) is 4.08. The zero-order valence-corrected chi connectivity index (χ0v) is 16.8. The summed E-state index contributed by atoms with van der Waals surface area (Å²) in [5.74, 6) is 0.524.